The second kappa shape index (κ2) is 5.70. The van der Waals surface area contributed by atoms with Gasteiger partial charge in [0.05, 0.1) is 0 Å². The number of benzene rings is 1. The molecule has 1 heterocycles. The van der Waals surface area contributed by atoms with Crippen molar-refractivity contribution in [1.82, 2.24) is 0 Å². The van der Waals surface area contributed by atoms with Crippen LogP contribution in [-0.2, 0) is 9.53 Å². The summed E-state index contributed by atoms with van der Waals surface area (Å²) in [7, 11) is 0. The molecule has 0 spiro atoms. The zero-order chi connectivity index (χ0) is 12.3. The third kappa shape index (κ3) is 3.33. The standard InChI is InChI=1S/C14H18O2Se/c1-10-11(2)16-14(15)8-12(10)9-17-13-6-4-3-5-7-13/h3-7,10-12H,8-9H2,1-2H3/t10-,11+,12-/m0/s1. The minimum atomic E-state index is -0.0236. The number of hydrogen-bond acceptors (Lipinski definition) is 2. The Hall–Kier alpha value is -0.791. The van der Waals surface area contributed by atoms with Gasteiger partial charge in [0.25, 0.3) is 0 Å². The Morgan fingerprint density at radius 1 is 1.29 bits per heavy atom. The van der Waals surface area contributed by atoms with Crippen molar-refractivity contribution >= 4 is 25.4 Å². The molecular formula is C14H18O2Se. The molecule has 0 unspecified atom stereocenters. The second-order valence-corrected chi connectivity index (χ2v) is 6.94. The van der Waals surface area contributed by atoms with Crippen LogP contribution in [0.1, 0.15) is 20.3 Å². The van der Waals surface area contributed by atoms with Crippen molar-refractivity contribution in [2.75, 3.05) is 0 Å². The molecule has 0 N–H and O–H groups in total. The first-order valence-electron chi connectivity index (χ1n) is 6.04. The molecule has 1 aliphatic rings. The van der Waals surface area contributed by atoms with Gasteiger partial charge in [-0.2, -0.15) is 0 Å². The quantitative estimate of drug-likeness (QED) is 0.630. The molecule has 0 amide bonds. The van der Waals surface area contributed by atoms with Crippen molar-refractivity contribution in [3.8, 4) is 0 Å². The van der Waals surface area contributed by atoms with Crippen LogP contribution in [0.5, 0.6) is 0 Å². The van der Waals surface area contributed by atoms with E-state index < -0.39 is 0 Å². The van der Waals surface area contributed by atoms with Gasteiger partial charge in [0.1, 0.15) is 0 Å². The molecule has 1 fully saturated rings. The summed E-state index contributed by atoms with van der Waals surface area (Å²) in [6.07, 6.45) is 0.674. The molecule has 3 atom stereocenters. The van der Waals surface area contributed by atoms with Gasteiger partial charge in [0.2, 0.25) is 0 Å². The van der Waals surface area contributed by atoms with Crippen LogP contribution in [0, 0.1) is 11.8 Å². The number of cyclic esters (lactones) is 1. The first-order chi connectivity index (χ1) is 8.16. The maximum atomic E-state index is 11.4. The molecule has 17 heavy (non-hydrogen) atoms. The molecule has 0 bridgehead atoms. The van der Waals surface area contributed by atoms with E-state index in [1.807, 2.05) is 13.0 Å². The van der Waals surface area contributed by atoms with Crippen molar-refractivity contribution < 1.29 is 9.53 Å². The van der Waals surface area contributed by atoms with Crippen LogP contribution in [0.2, 0.25) is 5.32 Å². The number of esters is 1. The van der Waals surface area contributed by atoms with Crippen LogP contribution in [0.4, 0.5) is 0 Å². The van der Waals surface area contributed by atoms with Gasteiger partial charge in [-0.05, 0) is 0 Å². The van der Waals surface area contributed by atoms with Crippen molar-refractivity contribution in [3.05, 3.63) is 30.3 Å². The summed E-state index contributed by atoms with van der Waals surface area (Å²) in [4.78, 5) is 11.4. The van der Waals surface area contributed by atoms with Crippen molar-refractivity contribution in [3.63, 3.8) is 0 Å². The Labute approximate surface area is 109 Å². The number of carbonyl (C=O) groups is 1. The number of rotatable bonds is 3. The normalized spacial score (nSPS) is 28.8. The molecule has 0 aliphatic carbocycles. The number of carbonyl (C=O) groups excluding carboxylic acids is 1. The van der Waals surface area contributed by atoms with Crippen LogP contribution in [-0.4, -0.2) is 27.0 Å². The summed E-state index contributed by atoms with van der Waals surface area (Å²) in [5.74, 6) is 0.953. The van der Waals surface area contributed by atoms with Crippen molar-refractivity contribution in [2.24, 2.45) is 11.8 Å². The average Bonchev–Trinajstić information content (AvgIpc) is 2.33. The second-order valence-electron chi connectivity index (χ2n) is 4.64. The average molecular weight is 297 g/mol. The van der Waals surface area contributed by atoms with Gasteiger partial charge in [0, 0.05) is 0 Å². The predicted octanol–water partition coefficient (Wildman–Crippen LogP) is 2.02. The molecule has 92 valence electrons. The molecule has 1 saturated heterocycles. The summed E-state index contributed by atoms with van der Waals surface area (Å²) in [6, 6.07) is 10.6. The monoisotopic (exact) mass is 298 g/mol. The van der Waals surface area contributed by atoms with Crippen LogP contribution >= 0.6 is 0 Å². The Morgan fingerprint density at radius 3 is 2.71 bits per heavy atom. The van der Waals surface area contributed by atoms with E-state index in [-0.39, 0.29) is 12.1 Å². The molecule has 0 radical (unpaired) electrons. The Kier molecular flexibility index (Phi) is 4.25. The first-order valence-corrected chi connectivity index (χ1v) is 8.11. The fourth-order valence-electron chi connectivity index (χ4n) is 2.08. The summed E-state index contributed by atoms with van der Waals surface area (Å²) in [5.41, 5.74) is 0. The van der Waals surface area contributed by atoms with Gasteiger partial charge < -0.3 is 0 Å². The Balaban J connectivity index is 1.92. The van der Waals surface area contributed by atoms with Gasteiger partial charge in [-0.3, -0.25) is 0 Å². The van der Waals surface area contributed by atoms with E-state index >= 15 is 0 Å². The van der Waals surface area contributed by atoms with Gasteiger partial charge in [-0.15, -0.1) is 0 Å². The van der Waals surface area contributed by atoms with E-state index in [4.69, 9.17) is 4.74 Å². The number of hydrogen-bond donors (Lipinski definition) is 0. The fourth-order valence-corrected chi connectivity index (χ4v) is 4.55. The summed E-state index contributed by atoms with van der Waals surface area (Å²) < 4.78 is 6.66. The molecule has 1 aliphatic heterocycles. The Morgan fingerprint density at radius 2 is 2.00 bits per heavy atom. The van der Waals surface area contributed by atoms with E-state index in [1.165, 1.54) is 4.46 Å². The van der Waals surface area contributed by atoms with Gasteiger partial charge in [-0.25, -0.2) is 0 Å². The maximum absolute atomic E-state index is 11.4. The molecule has 2 nitrogen and oxygen atoms in total. The molecule has 2 rings (SSSR count). The van der Waals surface area contributed by atoms with E-state index in [0.29, 0.717) is 33.2 Å². The molecule has 1 aromatic carbocycles. The number of ether oxygens (including phenoxy) is 1. The van der Waals surface area contributed by atoms with Crippen LogP contribution < -0.4 is 4.46 Å². The zero-order valence-corrected chi connectivity index (χ0v) is 12.0. The van der Waals surface area contributed by atoms with E-state index in [1.54, 1.807) is 0 Å². The third-order valence-electron chi connectivity index (χ3n) is 3.44. The topological polar surface area (TPSA) is 26.3 Å². The third-order valence-corrected chi connectivity index (χ3v) is 5.96. The van der Waals surface area contributed by atoms with Crippen molar-refractivity contribution in [1.29, 1.82) is 0 Å². The van der Waals surface area contributed by atoms with Gasteiger partial charge in [0.15, 0.2) is 0 Å². The fraction of sp³-hybridized carbons (Fsp3) is 0.500. The van der Waals surface area contributed by atoms with E-state index in [9.17, 15) is 4.79 Å². The van der Waals surface area contributed by atoms with Crippen molar-refractivity contribution in [2.45, 2.75) is 31.7 Å². The molecule has 0 aromatic heterocycles. The van der Waals surface area contributed by atoms with Gasteiger partial charge in [-0.1, -0.05) is 0 Å². The van der Waals surface area contributed by atoms with E-state index in [0.717, 1.165) is 5.32 Å². The van der Waals surface area contributed by atoms with Crippen LogP contribution in [0.25, 0.3) is 0 Å². The molecule has 3 heteroatoms. The summed E-state index contributed by atoms with van der Waals surface area (Å²) >= 11 is 0.470. The van der Waals surface area contributed by atoms with Crippen LogP contribution in [0.3, 0.4) is 0 Å². The SMILES string of the molecule is C[C@@H]1[C@H](C[Se]c2ccccc2)CC(=O)O[C@@H]1C. The molecule has 1 aromatic rings. The molecule has 0 saturated carbocycles. The van der Waals surface area contributed by atoms with E-state index in [2.05, 4.69) is 31.2 Å². The Bertz CT molecular complexity index is 377. The summed E-state index contributed by atoms with van der Waals surface area (Å²) in [6.45, 7) is 4.20. The minimum absolute atomic E-state index is 0.0236. The first kappa shape index (κ1) is 12.7. The van der Waals surface area contributed by atoms with Gasteiger partial charge >= 0.3 is 109 Å². The van der Waals surface area contributed by atoms with Crippen LogP contribution in [0.15, 0.2) is 30.3 Å². The predicted molar refractivity (Wildman–Crippen MR) is 69.5 cm³/mol. The zero-order valence-electron chi connectivity index (χ0n) is 10.3. The molecular weight excluding hydrogens is 279 g/mol. The summed E-state index contributed by atoms with van der Waals surface area (Å²) in [5, 5.41) is 1.14.